The van der Waals surface area contributed by atoms with Gasteiger partial charge in [0, 0.05) is 91.4 Å². The summed E-state index contributed by atoms with van der Waals surface area (Å²) in [6, 6.07) is 6.16. The van der Waals surface area contributed by atoms with Gasteiger partial charge < -0.3 is 43.7 Å². The maximum absolute atomic E-state index is 13.6. The molecule has 4 aliphatic rings. The normalized spacial score (nSPS) is 22.0. The van der Waals surface area contributed by atoms with Crippen LogP contribution in [0.2, 0.25) is 0 Å². The zero-order chi connectivity index (χ0) is 49.1. The lowest BCUT2D eigenvalue weighted by Gasteiger charge is -2.44. The lowest BCUT2D eigenvalue weighted by molar-refractivity contribution is -0.237. The number of nitrogens with one attached hydrogen (secondary N) is 3. The molecule has 7 rings (SSSR count). The number of H-pyrrole nitrogens is 2. The van der Waals surface area contributed by atoms with Gasteiger partial charge in [-0.15, -0.1) is 11.8 Å². The van der Waals surface area contributed by atoms with Crippen LogP contribution < -0.4 is 5.32 Å². The molecule has 1 amide bonds. The highest BCUT2D eigenvalue weighted by molar-refractivity contribution is 7.99. The standard InChI is InChI=1S/C50H59N5O12S/c1-11-31-23(3)35-18-37-25(5)33(44(54-37)34-21-63-49(61)43-26(6)38(55-45(34)43)20-40-32(12-2)24(4)36(53-40)19-39(31)52-35)14-15-42(60)51-16-13-17-68-50-48(66-30(10)59)47(65-29(9)58)46(64-28(8)57)41(67-50)22-62-27(7)56/h11,18-20,25,33,41,46-48,50,52-53H,1,12-17,21-22H2,2-10H3,(H,51,60)/t25-,33-,41+,46+,47-,48+,50-/m0/s1. The number of rotatable bonds is 15. The Kier molecular flexibility index (Phi) is 15.3. The number of hydrogen-bond acceptors (Lipinski definition) is 15. The predicted molar refractivity (Wildman–Crippen MR) is 255 cm³/mol. The zero-order valence-electron chi connectivity index (χ0n) is 39.9. The van der Waals surface area contributed by atoms with Gasteiger partial charge in [-0.05, 0) is 86.2 Å². The van der Waals surface area contributed by atoms with Crippen LogP contribution in [0.15, 0.2) is 24.8 Å². The largest absolute Gasteiger partial charge is 0.463 e. The van der Waals surface area contributed by atoms with E-state index in [0.717, 1.165) is 73.3 Å². The van der Waals surface area contributed by atoms with Gasteiger partial charge >= 0.3 is 29.8 Å². The summed E-state index contributed by atoms with van der Waals surface area (Å²) in [5, 5.41) is 3.02. The zero-order valence-corrected chi connectivity index (χ0v) is 40.7. The highest BCUT2D eigenvalue weighted by Crippen LogP contribution is 2.45. The molecule has 17 nitrogen and oxygen atoms in total. The maximum atomic E-state index is 13.6. The van der Waals surface area contributed by atoms with Gasteiger partial charge in [-0.25, -0.2) is 9.78 Å². The molecule has 3 aromatic rings. The lowest BCUT2D eigenvalue weighted by Crippen LogP contribution is -2.61. The number of carbonyl (C=O) groups is 6. The molecule has 362 valence electrons. The number of hydrogen-bond donors (Lipinski definition) is 3. The van der Waals surface area contributed by atoms with Crippen LogP contribution in [0.5, 0.6) is 0 Å². The Morgan fingerprint density at radius 2 is 1.56 bits per heavy atom. The Morgan fingerprint density at radius 1 is 0.882 bits per heavy atom. The second-order valence-electron chi connectivity index (χ2n) is 17.4. The molecule has 8 bridgehead atoms. The number of fused-ring (bicyclic) bond motifs is 8. The molecule has 0 aliphatic carbocycles. The minimum absolute atomic E-state index is 0.00626. The Bertz CT molecular complexity index is 2760. The van der Waals surface area contributed by atoms with E-state index < -0.39 is 59.7 Å². The topological polar surface area (TPSA) is 227 Å². The summed E-state index contributed by atoms with van der Waals surface area (Å²) >= 11 is 1.24. The van der Waals surface area contributed by atoms with Crippen molar-refractivity contribution in [1.82, 2.24) is 25.3 Å². The van der Waals surface area contributed by atoms with E-state index in [1.54, 1.807) is 0 Å². The third-order valence-corrected chi connectivity index (χ3v) is 14.1. The molecule has 4 aliphatic heterocycles. The van der Waals surface area contributed by atoms with E-state index in [-0.39, 0.29) is 37.4 Å². The fourth-order valence-corrected chi connectivity index (χ4v) is 10.6. The number of allylic oxidation sites excluding steroid dienone is 1. The molecule has 1 fully saturated rings. The van der Waals surface area contributed by atoms with Crippen molar-refractivity contribution in [3.05, 3.63) is 75.4 Å². The van der Waals surface area contributed by atoms with Crippen LogP contribution in [0.4, 0.5) is 0 Å². The molecular weight excluding hydrogens is 895 g/mol. The summed E-state index contributed by atoms with van der Waals surface area (Å²) in [6.07, 6.45) is -0.999. The summed E-state index contributed by atoms with van der Waals surface area (Å²) < 4.78 is 33.8. The number of cyclic esters (lactones) is 1. The average Bonchev–Trinajstić information content (AvgIpc) is 3.96. The van der Waals surface area contributed by atoms with E-state index in [2.05, 4.69) is 61.7 Å². The monoisotopic (exact) mass is 953 g/mol. The van der Waals surface area contributed by atoms with E-state index in [9.17, 15) is 28.8 Å². The van der Waals surface area contributed by atoms with Crippen LogP contribution in [0, 0.1) is 13.8 Å². The second-order valence-corrected chi connectivity index (χ2v) is 18.6. The van der Waals surface area contributed by atoms with Gasteiger partial charge in [-0.3, -0.25) is 29.0 Å². The van der Waals surface area contributed by atoms with Crippen LogP contribution >= 0.6 is 11.8 Å². The van der Waals surface area contributed by atoms with Crippen LogP contribution in [0.1, 0.15) is 130 Å². The van der Waals surface area contributed by atoms with E-state index >= 15 is 0 Å². The number of amides is 1. The number of aromatic amines is 2. The van der Waals surface area contributed by atoms with E-state index in [0.29, 0.717) is 42.1 Å². The van der Waals surface area contributed by atoms with Crippen molar-refractivity contribution in [2.24, 2.45) is 0 Å². The van der Waals surface area contributed by atoms with Crippen LogP contribution in [-0.4, -0.2) is 104 Å². The van der Waals surface area contributed by atoms with Crippen LogP contribution in [0.25, 0.3) is 39.3 Å². The molecule has 0 spiro atoms. The third kappa shape index (κ3) is 10.4. The van der Waals surface area contributed by atoms with Crippen molar-refractivity contribution in [2.45, 2.75) is 136 Å². The van der Waals surface area contributed by atoms with Gasteiger partial charge in [0.05, 0.1) is 22.7 Å². The van der Waals surface area contributed by atoms with Gasteiger partial charge in [-0.2, -0.15) is 0 Å². The molecule has 1 saturated heterocycles. The molecule has 18 heteroatoms. The number of aromatic nitrogens is 4. The second kappa shape index (κ2) is 20.9. The number of nitrogens with zero attached hydrogens (tertiary/aromatic N) is 2. The van der Waals surface area contributed by atoms with E-state index in [1.807, 2.05) is 19.1 Å². The van der Waals surface area contributed by atoms with Crippen molar-refractivity contribution >= 4 is 86.8 Å². The Morgan fingerprint density at radius 3 is 2.24 bits per heavy atom. The summed E-state index contributed by atoms with van der Waals surface area (Å²) in [5.41, 5.74) is 11.6. The van der Waals surface area contributed by atoms with Crippen LogP contribution in [0.3, 0.4) is 0 Å². The molecule has 0 radical (unpaired) electrons. The van der Waals surface area contributed by atoms with E-state index in [4.69, 9.17) is 38.4 Å². The minimum Gasteiger partial charge on any atom is -0.463 e. The van der Waals surface area contributed by atoms with Crippen molar-refractivity contribution in [1.29, 1.82) is 0 Å². The Labute approximate surface area is 398 Å². The third-order valence-electron chi connectivity index (χ3n) is 12.8. The van der Waals surface area contributed by atoms with Gasteiger partial charge in [0.1, 0.15) is 24.8 Å². The first kappa shape index (κ1) is 49.6. The molecule has 7 atom stereocenters. The molecule has 3 N–H and O–H groups in total. The first-order valence-corrected chi connectivity index (χ1v) is 23.9. The fraction of sp³-hybridized carbons (Fsp3) is 0.480. The summed E-state index contributed by atoms with van der Waals surface area (Å²) in [6.45, 7) is 19.1. The first-order chi connectivity index (χ1) is 32.4. The SMILES string of the molecule is C=Cc1c(C)c2cc3nc(c4c5nc(cc6[nH]c(cc1[nH]2)c(C)c6CC)C(C)=C5C(=O)OC4)[C@@H](CCC(=O)NCCCS[C@@H]1O[C@H](COC(C)=O)[C@@H](OC(C)=O)[C@H](OC(C)=O)[C@H]1OC(C)=O)[C@@H]3C. The van der Waals surface area contributed by atoms with Gasteiger partial charge in [-0.1, -0.05) is 26.5 Å². The smallest absolute Gasteiger partial charge is 0.341 e. The lowest BCUT2D eigenvalue weighted by atomic mass is 9.84. The highest BCUT2D eigenvalue weighted by Gasteiger charge is 2.52. The molecule has 0 unspecified atom stereocenters. The summed E-state index contributed by atoms with van der Waals surface area (Å²) in [4.78, 5) is 92.9. The number of carbonyl (C=O) groups excluding carboxylic acids is 6. The number of thioether (sulfide) groups is 1. The maximum Gasteiger partial charge on any atom is 0.341 e. The molecular formula is C50H59N5O12S. The molecule has 68 heavy (non-hydrogen) atoms. The van der Waals surface area contributed by atoms with Crippen molar-refractivity contribution in [3.63, 3.8) is 0 Å². The quantitative estimate of drug-likeness (QED) is 0.0783. The van der Waals surface area contributed by atoms with Gasteiger partial charge in [0.25, 0.3) is 0 Å². The van der Waals surface area contributed by atoms with Gasteiger partial charge in [0.2, 0.25) is 5.91 Å². The van der Waals surface area contributed by atoms with Crippen LogP contribution in [-0.2, 0) is 70.2 Å². The summed E-state index contributed by atoms with van der Waals surface area (Å²) in [5.74, 6) is -3.25. The number of esters is 5. The van der Waals surface area contributed by atoms with Crippen molar-refractivity contribution in [3.8, 4) is 0 Å². The van der Waals surface area contributed by atoms with E-state index in [1.165, 1.54) is 39.5 Å². The Hall–Kier alpha value is -6.27. The number of ether oxygens (including phenoxy) is 6. The molecule has 3 aromatic heterocycles. The summed E-state index contributed by atoms with van der Waals surface area (Å²) in [7, 11) is 0. The first-order valence-electron chi connectivity index (χ1n) is 22.9. The molecule has 7 heterocycles. The Balaban J connectivity index is 1.12. The fourth-order valence-electron chi connectivity index (χ4n) is 9.46. The highest BCUT2D eigenvalue weighted by atomic mass is 32.2. The average molecular weight is 954 g/mol. The van der Waals surface area contributed by atoms with Crippen molar-refractivity contribution in [2.75, 3.05) is 18.9 Å². The molecule has 0 saturated carbocycles. The van der Waals surface area contributed by atoms with Gasteiger partial charge in [0.15, 0.2) is 18.3 Å². The molecule has 0 aromatic carbocycles. The minimum atomic E-state index is -1.26. The predicted octanol–water partition coefficient (Wildman–Crippen LogP) is 7.11. The number of aryl methyl sites for hydroxylation is 3. The van der Waals surface area contributed by atoms with Crippen molar-refractivity contribution < 1.29 is 57.2 Å².